The Bertz CT molecular complexity index is 976. The van der Waals surface area contributed by atoms with Crippen LogP contribution in [0, 0.1) is 22.5 Å². The highest BCUT2D eigenvalue weighted by Crippen LogP contribution is 2.33. The predicted molar refractivity (Wildman–Crippen MR) is 108 cm³/mol. The maximum atomic E-state index is 12.6. The maximum Gasteiger partial charge on any atom is 0.273 e. The molecule has 0 radical (unpaired) electrons. The summed E-state index contributed by atoms with van der Waals surface area (Å²) in [7, 11) is 0. The number of anilines is 2. The van der Waals surface area contributed by atoms with Gasteiger partial charge >= 0.3 is 0 Å². The van der Waals surface area contributed by atoms with Crippen LogP contribution in [0.2, 0.25) is 0 Å². The summed E-state index contributed by atoms with van der Waals surface area (Å²) in [6.45, 7) is 7.92. The van der Waals surface area contributed by atoms with Crippen LogP contribution in [0.5, 0.6) is 0 Å². The van der Waals surface area contributed by atoms with Crippen LogP contribution in [-0.2, 0) is 11.2 Å². The Labute approximate surface area is 163 Å². The van der Waals surface area contributed by atoms with Gasteiger partial charge in [0.05, 0.1) is 4.92 Å². The Morgan fingerprint density at radius 1 is 1.14 bits per heavy atom. The third kappa shape index (κ3) is 3.74. The van der Waals surface area contributed by atoms with Crippen molar-refractivity contribution in [1.82, 2.24) is 0 Å². The van der Waals surface area contributed by atoms with E-state index in [2.05, 4.69) is 5.32 Å². The molecule has 1 N–H and O–H groups in total. The molecule has 28 heavy (non-hydrogen) atoms. The lowest BCUT2D eigenvalue weighted by Crippen LogP contribution is -2.38. The molecular weight excluding hydrogens is 358 g/mol. The highest BCUT2D eigenvalue weighted by Gasteiger charge is 2.32. The summed E-state index contributed by atoms with van der Waals surface area (Å²) in [5.41, 5.74) is 2.63. The molecule has 0 bridgehead atoms. The minimum Gasteiger partial charge on any atom is -0.322 e. The molecule has 7 nitrogen and oxygen atoms in total. The first kappa shape index (κ1) is 19.5. The Hall–Kier alpha value is -3.22. The number of nitrogens with one attached hydrogen (secondary N) is 1. The van der Waals surface area contributed by atoms with Crippen molar-refractivity contribution in [3.63, 3.8) is 0 Å². The normalized spacial score (nSPS) is 13.2. The third-order valence-corrected chi connectivity index (χ3v) is 4.79. The quantitative estimate of drug-likeness (QED) is 0.640. The number of amides is 2. The number of hydrogen-bond donors (Lipinski definition) is 1. The number of benzene rings is 2. The molecule has 0 atom stereocenters. The Kier molecular flexibility index (Phi) is 4.93. The number of nitro benzene ring substituents is 1. The van der Waals surface area contributed by atoms with Crippen LogP contribution in [-0.4, -0.2) is 23.3 Å². The second kappa shape index (κ2) is 7.07. The fourth-order valence-electron chi connectivity index (χ4n) is 3.25. The average molecular weight is 381 g/mol. The first-order chi connectivity index (χ1) is 13.1. The van der Waals surface area contributed by atoms with Crippen molar-refractivity contribution >= 4 is 28.9 Å². The van der Waals surface area contributed by atoms with Gasteiger partial charge in [-0.15, -0.1) is 0 Å². The van der Waals surface area contributed by atoms with Gasteiger partial charge in [0.15, 0.2) is 0 Å². The molecule has 146 valence electrons. The standard InChI is InChI=1S/C21H23N3O4/c1-13-5-6-15(12-18(13)24(27)28)19(25)22-16-7-8-17-14(11-16)9-10-23(17)20(26)21(2,3)4/h5-8,11-12H,9-10H2,1-4H3,(H,22,25). The summed E-state index contributed by atoms with van der Waals surface area (Å²) >= 11 is 0. The number of aryl methyl sites for hydroxylation is 1. The van der Waals surface area contributed by atoms with Crippen LogP contribution in [0.15, 0.2) is 36.4 Å². The van der Waals surface area contributed by atoms with E-state index in [1.807, 2.05) is 32.9 Å². The first-order valence-electron chi connectivity index (χ1n) is 9.09. The minimum atomic E-state index is -0.498. The molecule has 0 fully saturated rings. The number of nitro groups is 1. The van der Waals surface area contributed by atoms with Crippen molar-refractivity contribution < 1.29 is 14.5 Å². The van der Waals surface area contributed by atoms with Gasteiger partial charge in [-0.3, -0.25) is 19.7 Å². The Morgan fingerprint density at radius 3 is 2.50 bits per heavy atom. The monoisotopic (exact) mass is 381 g/mol. The van der Waals surface area contributed by atoms with Crippen molar-refractivity contribution in [2.45, 2.75) is 34.1 Å². The molecule has 0 aliphatic carbocycles. The van der Waals surface area contributed by atoms with E-state index in [0.29, 0.717) is 17.8 Å². The molecular formula is C21H23N3O4. The van der Waals surface area contributed by atoms with Gasteiger partial charge in [-0.05, 0) is 43.2 Å². The average Bonchev–Trinajstić information content (AvgIpc) is 3.03. The minimum absolute atomic E-state index is 0.0648. The second-order valence-electron chi connectivity index (χ2n) is 8.01. The van der Waals surface area contributed by atoms with E-state index in [4.69, 9.17) is 0 Å². The number of carbonyl (C=O) groups excluding carboxylic acids is 2. The molecule has 0 saturated heterocycles. The fourth-order valence-corrected chi connectivity index (χ4v) is 3.25. The van der Waals surface area contributed by atoms with E-state index in [1.165, 1.54) is 6.07 Å². The van der Waals surface area contributed by atoms with Crippen LogP contribution < -0.4 is 10.2 Å². The molecule has 0 aromatic heterocycles. The molecule has 1 aliphatic rings. The molecule has 2 amide bonds. The van der Waals surface area contributed by atoms with E-state index in [-0.39, 0.29) is 17.2 Å². The summed E-state index contributed by atoms with van der Waals surface area (Å²) in [6.07, 6.45) is 0.719. The van der Waals surface area contributed by atoms with E-state index in [1.54, 1.807) is 30.0 Å². The topological polar surface area (TPSA) is 92.6 Å². The molecule has 2 aromatic rings. The summed E-state index contributed by atoms with van der Waals surface area (Å²) in [5, 5.41) is 13.9. The molecule has 0 unspecified atom stereocenters. The van der Waals surface area contributed by atoms with Crippen molar-refractivity contribution in [2.24, 2.45) is 5.41 Å². The summed E-state index contributed by atoms with van der Waals surface area (Å²) in [5.74, 6) is -0.348. The number of rotatable bonds is 3. The van der Waals surface area contributed by atoms with Gasteiger partial charge < -0.3 is 10.2 Å². The molecule has 0 saturated carbocycles. The highest BCUT2D eigenvalue weighted by atomic mass is 16.6. The van der Waals surface area contributed by atoms with Crippen molar-refractivity contribution in [2.75, 3.05) is 16.8 Å². The van der Waals surface area contributed by atoms with Gasteiger partial charge in [0.2, 0.25) is 5.91 Å². The van der Waals surface area contributed by atoms with Gasteiger partial charge in [-0.1, -0.05) is 26.8 Å². The molecule has 1 aliphatic heterocycles. The lowest BCUT2D eigenvalue weighted by molar-refractivity contribution is -0.385. The van der Waals surface area contributed by atoms with E-state index >= 15 is 0 Å². The Balaban J connectivity index is 1.80. The fraction of sp³-hybridized carbons (Fsp3) is 0.333. The van der Waals surface area contributed by atoms with Crippen molar-refractivity contribution in [3.8, 4) is 0 Å². The molecule has 0 spiro atoms. The third-order valence-electron chi connectivity index (χ3n) is 4.79. The zero-order chi connectivity index (χ0) is 20.6. The lowest BCUT2D eigenvalue weighted by atomic mass is 9.94. The van der Waals surface area contributed by atoms with Crippen LogP contribution >= 0.6 is 0 Å². The lowest BCUT2D eigenvalue weighted by Gasteiger charge is -2.26. The van der Waals surface area contributed by atoms with Crippen molar-refractivity contribution in [3.05, 3.63) is 63.2 Å². The zero-order valence-corrected chi connectivity index (χ0v) is 16.4. The number of hydrogen-bond acceptors (Lipinski definition) is 4. The molecule has 1 heterocycles. The van der Waals surface area contributed by atoms with Gasteiger partial charge in [0.1, 0.15) is 0 Å². The van der Waals surface area contributed by atoms with Crippen LogP contribution in [0.3, 0.4) is 0 Å². The zero-order valence-electron chi connectivity index (χ0n) is 16.4. The second-order valence-corrected chi connectivity index (χ2v) is 8.01. The van der Waals surface area contributed by atoms with Crippen LogP contribution in [0.1, 0.15) is 42.3 Å². The summed E-state index contributed by atoms with van der Waals surface area (Å²) in [6, 6.07) is 9.83. The van der Waals surface area contributed by atoms with E-state index in [9.17, 15) is 19.7 Å². The van der Waals surface area contributed by atoms with E-state index < -0.39 is 16.2 Å². The van der Waals surface area contributed by atoms with Crippen LogP contribution in [0.25, 0.3) is 0 Å². The summed E-state index contributed by atoms with van der Waals surface area (Å²) in [4.78, 5) is 37.5. The number of fused-ring (bicyclic) bond motifs is 1. The van der Waals surface area contributed by atoms with E-state index in [0.717, 1.165) is 17.7 Å². The predicted octanol–water partition coefficient (Wildman–Crippen LogP) is 4.09. The maximum absolute atomic E-state index is 12.6. The SMILES string of the molecule is Cc1ccc(C(=O)Nc2ccc3c(c2)CCN3C(=O)C(C)(C)C)cc1[N+](=O)[O-]. The molecule has 2 aromatic carbocycles. The Morgan fingerprint density at radius 2 is 1.86 bits per heavy atom. The number of carbonyl (C=O) groups is 2. The van der Waals surface area contributed by atoms with Gasteiger partial charge in [-0.25, -0.2) is 0 Å². The number of nitrogens with zero attached hydrogens (tertiary/aromatic N) is 2. The van der Waals surface area contributed by atoms with Crippen molar-refractivity contribution in [1.29, 1.82) is 0 Å². The van der Waals surface area contributed by atoms with Gasteiger partial charge in [0.25, 0.3) is 11.6 Å². The molecule has 3 rings (SSSR count). The first-order valence-corrected chi connectivity index (χ1v) is 9.09. The molecule has 7 heteroatoms. The van der Waals surface area contributed by atoms with Gasteiger partial charge in [-0.2, -0.15) is 0 Å². The van der Waals surface area contributed by atoms with Gasteiger partial charge in [0, 0.05) is 40.5 Å². The van der Waals surface area contributed by atoms with Crippen LogP contribution in [0.4, 0.5) is 17.1 Å². The highest BCUT2D eigenvalue weighted by molar-refractivity contribution is 6.05. The smallest absolute Gasteiger partial charge is 0.273 e. The largest absolute Gasteiger partial charge is 0.322 e. The summed E-state index contributed by atoms with van der Waals surface area (Å²) < 4.78 is 0.